The molecule has 3 aromatic rings. The third kappa shape index (κ3) is 4.17. The molecule has 0 unspecified atom stereocenters. The molecule has 0 radical (unpaired) electrons. The zero-order valence-corrected chi connectivity index (χ0v) is 18.1. The Bertz CT molecular complexity index is 1090. The van der Waals surface area contributed by atoms with E-state index in [1.54, 1.807) is 47.5 Å². The Balaban J connectivity index is 1.73. The molecule has 2 aromatic carbocycles. The van der Waals surface area contributed by atoms with Gasteiger partial charge in [-0.05, 0) is 42.2 Å². The third-order valence-corrected chi connectivity index (χ3v) is 5.49. The van der Waals surface area contributed by atoms with E-state index in [0.717, 1.165) is 10.5 Å². The molecule has 1 aliphatic rings. The lowest BCUT2D eigenvalue weighted by Crippen LogP contribution is -2.51. The van der Waals surface area contributed by atoms with Gasteiger partial charge in [0.2, 0.25) is 0 Å². The van der Waals surface area contributed by atoms with Gasteiger partial charge in [-0.25, -0.2) is 4.98 Å². The molecule has 6 nitrogen and oxygen atoms in total. The number of carbonyl (C=O) groups excluding carboxylic acids is 3. The third-order valence-electron chi connectivity index (χ3n) is 5.49. The summed E-state index contributed by atoms with van der Waals surface area (Å²) in [5.74, 6) is -0.603. The summed E-state index contributed by atoms with van der Waals surface area (Å²) in [6.07, 6.45) is 1.99. The van der Waals surface area contributed by atoms with E-state index in [2.05, 4.69) is 4.98 Å². The quantitative estimate of drug-likeness (QED) is 0.527. The van der Waals surface area contributed by atoms with Crippen molar-refractivity contribution < 1.29 is 14.4 Å². The van der Waals surface area contributed by atoms with Gasteiger partial charge in [0.05, 0.1) is 17.7 Å². The second-order valence-electron chi connectivity index (χ2n) is 8.27. The number of anilines is 1. The van der Waals surface area contributed by atoms with Crippen molar-refractivity contribution in [2.24, 2.45) is 5.92 Å². The molecule has 0 spiro atoms. The molecule has 162 valence electrons. The number of imide groups is 1. The van der Waals surface area contributed by atoms with Gasteiger partial charge in [-0.2, -0.15) is 0 Å². The van der Waals surface area contributed by atoms with E-state index in [4.69, 9.17) is 0 Å². The van der Waals surface area contributed by atoms with Crippen LogP contribution in [-0.4, -0.2) is 33.6 Å². The van der Waals surface area contributed by atoms with Crippen LogP contribution in [0, 0.1) is 5.92 Å². The number of aromatic nitrogens is 1. The van der Waals surface area contributed by atoms with E-state index >= 15 is 0 Å². The first-order valence-electron chi connectivity index (χ1n) is 10.7. The Labute approximate surface area is 187 Å². The largest absolute Gasteiger partial charge is 0.291 e. The highest BCUT2D eigenvalue weighted by Crippen LogP contribution is 2.29. The van der Waals surface area contributed by atoms with Gasteiger partial charge < -0.3 is 0 Å². The van der Waals surface area contributed by atoms with Crippen LogP contribution in [0.25, 0.3) is 0 Å². The second-order valence-corrected chi connectivity index (χ2v) is 8.27. The number of nitrogens with zero attached hydrogens (tertiary/aromatic N) is 3. The molecule has 0 fully saturated rings. The molecule has 0 saturated heterocycles. The smallest absolute Gasteiger partial charge is 0.262 e. The van der Waals surface area contributed by atoms with Gasteiger partial charge in [-0.15, -0.1) is 0 Å². The summed E-state index contributed by atoms with van der Waals surface area (Å²) < 4.78 is 0. The average Bonchev–Trinajstić information content (AvgIpc) is 3.07. The maximum absolute atomic E-state index is 14.0. The van der Waals surface area contributed by atoms with E-state index in [1.165, 1.54) is 0 Å². The summed E-state index contributed by atoms with van der Waals surface area (Å²) >= 11 is 0. The number of hydrogen-bond acceptors (Lipinski definition) is 4. The molecule has 0 saturated carbocycles. The van der Waals surface area contributed by atoms with Crippen molar-refractivity contribution in [1.29, 1.82) is 0 Å². The van der Waals surface area contributed by atoms with Crippen LogP contribution in [0.5, 0.6) is 0 Å². The van der Waals surface area contributed by atoms with Crippen LogP contribution < -0.4 is 4.90 Å². The van der Waals surface area contributed by atoms with Gasteiger partial charge in [-0.1, -0.05) is 62.4 Å². The molecule has 1 aliphatic heterocycles. The zero-order chi connectivity index (χ0) is 22.7. The molecule has 6 heteroatoms. The lowest BCUT2D eigenvalue weighted by Gasteiger charge is -2.32. The van der Waals surface area contributed by atoms with Gasteiger partial charge in [0.25, 0.3) is 17.7 Å². The first-order chi connectivity index (χ1) is 15.5. The molecule has 3 amide bonds. The van der Waals surface area contributed by atoms with Crippen molar-refractivity contribution in [3.05, 3.63) is 95.7 Å². The SMILES string of the molecule is CC(C)C[C@@H](C(=O)N(Cc1ccccc1)c1ccccn1)N1C(=O)c2ccccc2C1=O. The highest BCUT2D eigenvalue weighted by molar-refractivity contribution is 6.23. The number of carbonyl (C=O) groups is 3. The Morgan fingerprint density at radius 3 is 2.03 bits per heavy atom. The van der Waals surface area contributed by atoms with Gasteiger partial charge in [-0.3, -0.25) is 24.2 Å². The van der Waals surface area contributed by atoms with E-state index in [-0.39, 0.29) is 18.4 Å². The lowest BCUT2D eigenvalue weighted by atomic mass is 10.0. The van der Waals surface area contributed by atoms with Crippen LogP contribution in [0.3, 0.4) is 0 Å². The minimum absolute atomic E-state index is 0.0931. The van der Waals surface area contributed by atoms with Crippen LogP contribution in [0.1, 0.15) is 46.5 Å². The van der Waals surface area contributed by atoms with E-state index < -0.39 is 17.9 Å². The van der Waals surface area contributed by atoms with Crippen LogP contribution in [-0.2, 0) is 11.3 Å². The van der Waals surface area contributed by atoms with Crippen molar-refractivity contribution in [3.63, 3.8) is 0 Å². The van der Waals surface area contributed by atoms with Crippen molar-refractivity contribution >= 4 is 23.5 Å². The van der Waals surface area contributed by atoms with E-state index in [0.29, 0.717) is 23.4 Å². The van der Waals surface area contributed by atoms with Gasteiger partial charge in [0, 0.05) is 6.20 Å². The molecule has 0 aliphatic carbocycles. The molecule has 32 heavy (non-hydrogen) atoms. The molecule has 4 rings (SSSR count). The van der Waals surface area contributed by atoms with E-state index in [1.807, 2.05) is 50.2 Å². The first kappa shape index (κ1) is 21.4. The number of hydrogen-bond donors (Lipinski definition) is 0. The van der Waals surface area contributed by atoms with Crippen LogP contribution in [0.2, 0.25) is 0 Å². The molecule has 1 aromatic heterocycles. The van der Waals surface area contributed by atoms with Crippen molar-refractivity contribution in [1.82, 2.24) is 9.88 Å². The van der Waals surface area contributed by atoms with Gasteiger partial charge >= 0.3 is 0 Å². The highest BCUT2D eigenvalue weighted by atomic mass is 16.2. The number of rotatable bonds is 7. The van der Waals surface area contributed by atoms with Crippen molar-refractivity contribution in [2.45, 2.75) is 32.9 Å². The lowest BCUT2D eigenvalue weighted by molar-refractivity contribution is -0.123. The monoisotopic (exact) mass is 427 g/mol. The standard InChI is InChI=1S/C26H25N3O3/c1-18(2)16-22(29-24(30)20-12-6-7-13-21(20)25(29)31)26(32)28(23-14-8-9-15-27-23)17-19-10-4-3-5-11-19/h3-15,18,22H,16-17H2,1-2H3/t22-/m0/s1. The summed E-state index contributed by atoms with van der Waals surface area (Å²) in [6.45, 7) is 4.23. The van der Waals surface area contributed by atoms with Crippen LogP contribution in [0.15, 0.2) is 79.0 Å². The fraction of sp³-hybridized carbons (Fsp3) is 0.231. The van der Waals surface area contributed by atoms with Crippen LogP contribution >= 0.6 is 0 Å². The predicted octanol–water partition coefficient (Wildman–Crippen LogP) is 4.33. The minimum atomic E-state index is -0.923. The summed E-state index contributed by atoms with van der Waals surface area (Å²) in [5, 5.41) is 0. The first-order valence-corrected chi connectivity index (χ1v) is 10.7. The molecule has 1 atom stereocenters. The van der Waals surface area contributed by atoms with E-state index in [9.17, 15) is 14.4 Å². The van der Waals surface area contributed by atoms with Gasteiger partial charge in [0.15, 0.2) is 0 Å². The van der Waals surface area contributed by atoms with Crippen molar-refractivity contribution in [3.8, 4) is 0 Å². The number of benzene rings is 2. The fourth-order valence-corrected chi connectivity index (χ4v) is 3.99. The summed E-state index contributed by atoms with van der Waals surface area (Å²) in [6, 6.07) is 20.7. The Morgan fingerprint density at radius 1 is 0.875 bits per heavy atom. The Kier molecular flexibility index (Phi) is 6.12. The number of fused-ring (bicyclic) bond motifs is 1. The normalized spacial score (nSPS) is 13.9. The summed E-state index contributed by atoms with van der Waals surface area (Å²) in [7, 11) is 0. The Hall–Kier alpha value is -3.80. The maximum Gasteiger partial charge on any atom is 0.262 e. The Morgan fingerprint density at radius 2 is 1.47 bits per heavy atom. The minimum Gasteiger partial charge on any atom is -0.291 e. The molecule has 2 heterocycles. The zero-order valence-electron chi connectivity index (χ0n) is 18.1. The maximum atomic E-state index is 14.0. The number of pyridine rings is 1. The molecule has 0 bridgehead atoms. The molecular weight excluding hydrogens is 402 g/mol. The fourth-order valence-electron chi connectivity index (χ4n) is 3.99. The average molecular weight is 428 g/mol. The molecule has 0 N–H and O–H groups in total. The highest BCUT2D eigenvalue weighted by Gasteiger charge is 2.44. The summed E-state index contributed by atoms with van der Waals surface area (Å²) in [4.78, 5) is 47.4. The molecular formula is C26H25N3O3. The topological polar surface area (TPSA) is 70.6 Å². The van der Waals surface area contributed by atoms with Crippen molar-refractivity contribution in [2.75, 3.05) is 4.90 Å². The van der Waals surface area contributed by atoms with Crippen LogP contribution in [0.4, 0.5) is 5.82 Å². The summed E-state index contributed by atoms with van der Waals surface area (Å²) in [5.41, 5.74) is 1.61. The van der Waals surface area contributed by atoms with Gasteiger partial charge in [0.1, 0.15) is 11.9 Å². The predicted molar refractivity (Wildman–Crippen MR) is 122 cm³/mol. The second kappa shape index (κ2) is 9.14. The number of amides is 3.